The van der Waals surface area contributed by atoms with E-state index in [0.717, 1.165) is 63.9 Å². The van der Waals surface area contributed by atoms with E-state index in [4.69, 9.17) is 10.00 Å². The molecule has 3 unspecified atom stereocenters. The van der Waals surface area contributed by atoms with Crippen molar-refractivity contribution in [2.24, 2.45) is 5.92 Å². The van der Waals surface area contributed by atoms with Crippen LogP contribution in [0.25, 0.3) is 0 Å². The topological polar surface area (TPSA) is 112 Å². The normalized spacial score (nSPS) is 14.5. The lowest BCUT2D eigenvalue weighted by Crippen LogP contribution is -2.26. The fraction of sp³-hybridized carbons (Fsp3) is 0.686. The average Bonchev–Trinajstić information content (AvgIpc) is 3.47. The number of hydrogen-bond acceptors (Lipinski definition) is 6. The minimum Gasteiger partial charge on any atom is -0.379 e. The van der Waals surface area contributed by atoms with Crippen molar-refractivity contribution in [3.63, 3.8) is 0 Å². The molecule has 260 valence electrons. The van der Waals surface area contributed by atoms with Gasteiger partial charge in [0, 0.05) is 37.5 Å². The molecule has 2 aromatic heterocycles. The maximum Gasteiger partial charge on any atom is 0.422 e. The maximum atomic E-state index is 12.9. The number of nitrogens with one attached hydrogen (secondary N) is 1. The number of amides is 1. The van der Waals surface area contributed by atoms with Crippen LogP contribution in [-0.2, 0) is 22.1 Å². The highest BCUT2D eigenvalue weighted by atomic mass is 19.4. The van der Waals surface area contributed by atoms with Crippen LogP contribution in [0.4, 0.5) is 13.2 Å². The van der Waals surface area contributed by atoms with E-state index in [1.54, 1.807) is 12.3 Å². The highest BCUT2D eigenvalue weighted by Crippen LogP contribution is 2.42. The number of pyridine rings is 1. The van der Waals surface area contributed by atoms with Crippen molar-refractivity contribution in [1.29, 1.82) is 5.26 Å². The molecule has 46 heavy (non-hydrogen) atoms. The monoisotopic (exact) mass is 651 g/mol. The van der Waals surface area contributed by atoms with Gasteiger partial charge in [0.05, 0.1) is 17.4 Å². The Morgan fingerprint density at radius 1 is 1.09 bits per heavy atom. The zero-order valence-corrected chi connectivity index (χ0v) is 29.2. The molecule has 11 heteroatoms. The predicted molar refractivity (Wildman–Crippen MR) is 178 cm³/mol. The SMILES string of the molecule is CCC(C)C1CCc2c1n[nH]c(=O)c2C(F)(F)F.CCCCCN(C=O)CCC.CCCOC(C)CC.Cc1ccc(C#N)cn1. The molecule has 1 aliphatic carbocycles. The van der Waals surface area contributed by atoms with Gasteiger partial charge in [-0.3, -0.25) is 14.6 Å². The first-order valence-corrected chi connectivity index (χ1v) is 16.7. The second kappa shape index (κ2) is 24.0. The smallest absolute Gasteiger partial charge is 0.379 e. The molecule has 1 aliphatic rings. The summed E-state index contributed by atoms with van der Waals surface area (Å²) in [5.41, 5.74) is -0.119. The van der Waals surface area contributed by atoms with Crippen LogP contribution in [0.1, 0.15) is 134 Å². The number of carbonyl (C=O) groups excluding carboxylic acids is 1. The van der Waals surface area contributed by atoms with Crippen LogP contribution in [-0.4, -0.2) is 52.3 Å². The van der Waals surface area contributed by atoms with Gasteiger partial charge in [-0.15, -0.1) is 0 Å². The Labute approximate surface area is 274 Å². The standard InChI is InChI=1S/C12H15F3N2O.C9H19NO.C7H6N2.C7H16O/c1-3-6(2)7-4-5-8-9(12(13,14)15)11(18)17-16-10(7)8;1-3-5-6-8-10(9-11)7-4-2;1-6-2-3-7(4-8)5-9-6;1-4-6-8-7(3)5-2/h6-7H,3-5H2,1-2H3,(H,17,18);9H,3-8H2,1-2H3;2-3,5H,1H3;7H,4-6H2,1-3H3. The minimum absolute atomic E-state index is 0.0166. The molecule has 2 heterocycles. The van der Waals surface area contributed by atoms with Crippen LogP contribution in [0.2, 0.25) is 0 Å². The van der Waals surface area contributed by atoms with E-state index in [1.165, 1.54) is 12.8 Å². The summed E-state index contributed by atoms with van der Waals surface area (Å²) in [5, 5.41) is 14.2. The Morgan fingerprint density at radius 3 is 2.26 bits per heavy atom. The number of fused-ring (bicyclic) bond motifs is 1. The summed E-state index contributed by atoms with van der Waals surface area (Å²) >= 11 is 0. The molecule has 0 saturated heterocycles. The number of hydrogen-bond donors (Lipinski definition) is 1. The van der Waals surface area contributed by atoms with Crippen LogP contribution < -0.4 is 5.56 Å². The number of carbonyl (C=O) groups is 1. The molecule has 0 radical (unpaired) electrons. The highest BCUT2D eigenvalue weighted by Gasteiger charge is 2.41. The van der Waals surface area contributed by atoms with Crippen LogP contribution in [0.5, 0.6) is 0 Å². The molecule has 3 rings (SSSR count). The fourth-order valence-corrected chi connectivity index (χ4v) is 4.67. The van der Waals surface area contributed by atoms with Gasteiger partial charge in [-0.2, -0.15) is 23.5 Å². The quantitative estimate of drug-likeness (QED) is 0.172. The second-order valence-electron chi connectivity index (χ2n) is 11.6. The largest absolute Gasteiger partial charge is 0.422 e. The zero-order valence-electron chi connectivity index (χ0n) is 29.2. The van der Waals surface area contributed by atoms with E-state index < -0.39 is 17.3 Å². The fourth-order valence-electron chi connectivity index (χ4n) is 4.67. The van der Waals surface area contributed by atoms with Crippen molar-refractivity contribution in [2.75, 3.05) is 19.7 Å². The number of ether oxygens (including phenoxy) is 1. The number of alkyl halides is 3. The van der Waals surface area contributed by atoms with Crippen molar-refractivity contribution in [3.05, 3.63) is 56.8 Å². The predicted octanol–water partition coefficient (Wildman–Crippen LogP) is 8.38. The van der Waals surface area contributed by atoms with Crippen molar-refractivity contribution < 1.29 is 22.7 Å². The molecule has 1 amide bonds. The Kier molecular flexibility index (Phi) is 22.3. The van der Waals surface area contributed by atoms with E-state index in [1.807, 2.05) is 42.9 Å². The zero-order chi connectivity index (χ0) is 35.1. The summed E-state index contributed by atoms with van der Waals surface area (Å²) in [6, 6.07) is 5.56. The lowest BCUT2D eigenvalue weighted by molar-refractivity contribution is -0.139. The molecule has 1 N–H and O–H groups in total. The number of halogens is 3. The Bertz CT molecular complexity index is 1200. The summed E-state index contributed by atoms with van der Waals surface area (Å²) < 4.78 is 43.9. The number of nitriles is 1. The molecule has 0 bridgehead atoms. The third-order valence-electron chi connectivity index (χ3n) is 7.72. The van der Waals surface area contributed by atoms with E-state index >= 15 is 0 Å². The molecular formula is C35H56F3N5O3. The molecule has 0 saturated carbocycles. The molecule has 0 aromatic carbocycles. The summed E-state index contributed by atoms with van der Waals surface area (Å²) in [4.78, 5) is 27.5. The highest BCUT2D eigenvalue weighted by molar-refractivity contribution is 5.46. The van der Waals surface area contributed by atoms with E-state index in [-0.39, 0.29) is 23.8 Å². The van der Waals surface area contributed by atoms with Gasteiger partial charge in [0.2, 0.25) is 6.41 Å². The van der Waals surface area contributed by atoms with Crippen molar-refractivity contribution in [3.8, 4) is 6.07 Å². The number of aromatic amines is 1. The van der Waals surface area contributed by atoms with Crippen LogP contribution in [0.3, 0.4) is 0 Å². The first kappa shape index (κ1) is 42.7. The number of aryl methyl sites for hydroxylation is 1. The summed E-state index contributed by atoms with van der Waals surface area (Å²) in [5.74, 6) is 0.286. The molecule has 0 aliphatic heterocycles. The lowest BCUT2D eigenvalue weighted by Gasteiger charge is -2.17. The molecule has 0 fully saturated rings. The van der Waals surface area contributed by atoms with Gasteiger partial charge in [-0.05, 0) is 76.0 Å². The minimum atomic E-state index is -4.61. The number of H-pyrrole nitrogens is 1. The number of rotatable bonds is 13. The van der Waals surface area contributed by atoms with Gasteiger partial charge in [0.15, 0.2) is 0 Å². The number of nitrogens with zero attached hydrogens (tertiary/aromatic N) is 4. The van der Waals surface area contributed by atoms with Crippen LogP contribution >= 0.6 is 0 Å². The van der Waals surface area contributed by atoms with Gasteiger partial charge < -0.3 is 9.64 Å². The van der Waals surface area contributed by atoms with E-state index in [0.29, 0.717) is 23.8 Å². The van der Waals surface area contributed by atoms with Gasteiger partial charge in [0.1, 0.15) is 11.6 Å². The second-order valence-corrected chi connectivity index (χ2v) is 11.6. The number of aromatic nitrogens is 3. The van der Waals surface area contributed by atoms with Crippen molar-refractivity contribution in [1.82, 2.24) is 20.1 Å². The average molecular weight is 652 g/mol. The van der Waals surface area contributed by atoms with Crippen LogP contribution in [0, 0.1) is 24.2 Å². The van der Waals surface area contributed by atoms with E-state index in [9.17, 15) is 22.8 Å². The maximum absolute atomic E-state index is 12.9. The number of unbranched alkanes of at least 4 members (excludes halogenated alkanes) is 2. The third kappa shape index (κ3) is 16.3. The summed E-state index contributed by atoms with van der Waals surface area (Å²) in [6.45, 7) is 19.3. The third-order valence-corrected chi connectivity index (χ3v) is 7.72. The first-order chi connectivity index (χ1) is 21.8. The van der Waals surface area contributed by atoms with Gasteiger partial charge >= 0.3 is 6.18 Å². The summed E-state index contributed by atoms with van der Waals surface area (Å²) in [7, 11) is 0. The Balaban J connectivity index is 0.000000626. The van der Waals surface area contributed by atoms with Crippen molar-refractivity contribution >= 4 is 6.41 Å². The van der Waals surface area contributed by atoms with Gasteiger partial charge in [-0.1, -0.05) is 60.8 Å². The molecular weight excluding hydrogens is 595 g/mol. The molecule has 2 aromatic rings. The van der Waals surface area contributed by atoms with Crippen LogP contribution in [0.15, 0.2) is 23.1 Å². The van der Waals surface area contributed by atoms with Gasteiger partial charge in [0.25, 0.3) is 5.56 Å². The van der Waals surface area contributed by atoms with Crippen molar-refractivity contribution in [2.45, 2.75) is 131 Å². The Morgan fingerprint density at radius 2 is 1.78 bits per heavy atom. The Hall–Kier alpha value is -3.26. The first-order valence-electron chi connectivity index (χ1n) is 16.7. The molecule has 3 atom stereocenters. The molecule has 8 nitrogen and oxygen atoms in total. The summed E-state index contributed by atoms with van der Waals surface area (Å²) in [6.07, 6.45) is 7.09. The van der Waals surface area contributed by atoms with E-state index in [2.05, 4.69) is 44.7 Å². The van der Waals surface area contributed by atoms with Gasteiger partial charge in [-0.25, -0.2) is 5.10 Å². The molecule has 0 spiro atoms. The lowest BCUT2D eigenvalue weighted by atomic mass is 9.90.